The highest BCUT2D eigenvalue weighted by Gasteiger charge is 2.33. The van der Waals surface area contributed by atoms with Crippen LogP contribution in [0.3, 0.4) is 0 Å². The second-order valence-electron chi connectivity index (χ2n) is 6.18. The molecule has 1 N–H and O–H groups in total. The fourth-order valence-corrected chi connectivity index (χ4v) is 3.88. The molecular formula is C18H16BrClF3N3O3S. The van der Waals surface area contributed by atoms with Gasteiger partial charge in [-0.15, -0.1) is 0 Å². The summed E-state index contributed by atoms with van der Waals surface area (Å²) in [6.07, 6.45) is -3.96. The summed E-state index contributed by atoms with van der Waals surface area (Å²) in [5, 5.41) is 3.65. The fourth-order valence-electron chi connectivity index (χ4n) is 2.35. The first-order chi connectivity index (χ1) is 13.8. The number of hydrogen-bond acceptors (Lipinski definition) is 4. The van der Waals surface area contributed by atoms with Crippen molar-refractivity contribution in [2.75, 3.05) is 17.1 Å². The maximum Gasteiger partial charge on any atom is 0.416 e. The van der Waals surface area contributed by atoms with E-state index in [0.717, 1.165) is 22.9 Å². The zero-order valence-corrected chi connectivity index (χ0v) is 18.8. The molecule has 0 aromatic heterocycles. The zero-order chi connectivity index (χ0) is 22.7. The highest BCUT2D eigenvalue weighted by molar-refractivity contribution is 9.10. The highest BCUT2D eigenvalue weighted by Crippen LogP contribution is 2.36. The van der Waals surface area contributed by atoms with Crippen molar-refractivity contribution in [3.8, 4) is 0 Å². The molecule has 2 rings (SSSR count). The molecule has 0 aliphatic rings. The summed E-state index contributed by atoms with van der Waals surface area (Å²) in [7, 11) is -4.13. The quantitative estimate of drug-likeness (QED) is 0.447. The van der Waals surface area contributed by atoms with E-state index in [1.54, 1.807) is 31.2 Å². The molecule has 0 saturated carbocycles. The number of nitrogens with one attached hydrogen (secondary N) is 1. The van der Waals surface area contributed by atoms with Crippen LogP contribution in [-0.4, -0.2) is 32.8 Å². The van der Waals surface area contributed by atoms with E-state index in [2.05, 4.69) is 26.5 Å². The van der Waals surface area contributed by atoms with Gasteiger partial charge in [-0.25, -0.2) is 13.8 Å². The molecule has 0 radical (unpaired) electrons. The first kappa shape index (κ1) is 24.2. The second-order valence-corrected chi connectivity index (χ2v) is 9.41. The van der Waals surface area contributed by atoms with Crippen molar-refractivity contribution in [1.82, 2.24) is 5.43 Å². The van der Waals surface area contributed by atoms with Gasteiger partial charge in [0, 0.05) is 4.47 Å². The van der Waals surface area contributed by atoms with Crippen LogP contribution in [-0.2, 0) is 21.0 Å². The standard InChI is InChI=1S/C18H16BrClF3N3O3S/c1-11(12-4-3-5-14(19)8-12)24-25-17(27)10-26(30(2,28)29)16-9-13(18(21,22)23)6-7-15(16)20/h3-9H,10H2,1-2H3,(H,25,27)/b24-11-. The fraction of sp³-hybridized carbons (Fsp3) is 0.222. The molecule has 1 amide bonds. The van der Waals surface area contributed by atoms with Crippen LogP contribution in [0.4, 0.5) is 18.9 Å². The van der Waals surface area contributed by atoms with Crippen molar-refractivity contribution >= 4 is 54.9 Å². The highest BCUT2D eigenvalue weighted by atomic mass is 79.9. The van der Waals surface area contributed by atoms with Gasteiger partial charge in [0.15, 0.2) is 0 Å². The number of amides is 1. The number of anilines is 1. The van der Waals surface area contributed by atoms with E-state index in [1.807, 2.05) is 0 Å². The van der Waals surface area contributed by atoms with E-state index in [4.69, 9.17) is 11.6 Å². The second kappa shape index (κ2) is 9.36. The molecule has 0 aliphatic carbocycles. The molecule has 0 bridgehead atoms. The summed E-state index contributed by atoms with van der Waals surface area (Å²) in [5.74, 6) is -0.858. The summed E-state index contributed by atoms with van der Waals surface area (Å²) < 4.78 is 64.6. The lowest BCUT2D eigenvalue weighted by Gasteiger charge is -2.23. The van der Waals surface area contributed by atoms with Crippen LogP contribution in [0.1, 0.15) is 18.1 Å². The van der Waals surface area contributed by atoms with Crippen LogP contribution >= 0.6 is 27.5 Å². The molecule has 0 fully saturated rings. The van der Waals surface area contributed by atoms with E-state index in [-0.39, 0.29) is 5.02 Å². The molecule has 12 heteroatoms. The first-order valence-electron chi connectivity index (χ1n) is 8.22. The molecule has 0 aliphatic heterocycles. The van der Waals surface area contributed by atoms with Crippen molar-refractivity contribution in [2.24, 2.45) is 5.10 Å². The Morgan fingerprint density at radius 3 is 2.47 bits per heavy atom. The molecular weight excluding hydrogens is 511 g/mol. The largest absolute Gasteiger partial charge is 0.416 e. The van der Waals surface area contributed by atoms with Gasteiger partial charge >= 0.3 is 6.18 Å². The third-order valence-corrected chi connectivity index (χ3v) is 5.76. The van der Waals surface area contributed by atoms with Crippen molar-refractivity contribution < 1.29 is 26.4 Å². The van der Waals surface area contributed by atoms with Gasteiger partial charge in [-0.2, -0.15) is 18.3 Å². The number of benzene rings is 2. The molecule has 0 heterocycles. The molecule has 6 nitrogen and oxygen atoms in total. The van der Waals surface area contributed by atoms with Gasteiger partial charge in [0.2, 0.25) is 10.0 Å². The number of hydrogen-bond donors (Lipinski definition) is 1. The van der Waals surface area contributed by atoms with Gasteiger partial charge in [-0.1, -0.05) is 39.7 Å². The number of hydrazone groups is 1. The van der Waals surface area contributed by atoms with Crippen LogP contribution in [0.2, 0.25) is 5.02 Å². The molecule has 162 valence electrons. The Kier molecular flexibility index (Phi) is 7.54. The van der Waals surface area contributed by atoms with Crippen LogP contribution in [0.15, 0.2) is 52.0 Å². The summed E-state index contributed by atoms with van der Waals surface area (Å²) in [6.45, 7) is 0.815. The van der Waals surface area contributed by atoms with Crippen LogP contribution in [0.25, 0.3) is 0 Å². The lowest BCUT2D eigenvalue weighted by atomic mass is 10.1. The predicted octanol–water partition coefficient (Wildman–Crippen LogP) is 4.43. The molecule has 0 unspecified atom stereocenters. The van der Waals surface area contributed by atoms with E-state index >= 15 is 0 Å². The molecule has 30 heavy (non-hydrogen) atoms. The minimum atomic E-state index is -4.71. The average molecular weight is 527 g/mol. The Balaban J connectivity index is 2.28. The van der Waals surface area contributed by atoms with Gasteiger partial charge in [0.1, 0.15) is 6.54 Å². The number of rotatable bonds is 6. The average Bonchev–Trinajstić information content (AvgIpc) is 2.63. The minimum absolute atomic E-state index is 0.255. The van der Waals surface area contributed by atoms with E-state index in [1.165, 1.54) is 0 Å². The van der Waals surface area contributed by atoms with Crippen molar-refractivity contribution in [2.45, 2.75) is 13.1 Å². The number of carbonyl (C=O) groups excluding carboxylic acids is 1. The Labute approximate surface area is 184 Å². The van der Waals surface area contributed by atoms with Gasteiger partial charge in [0.05, 0.1) is 28.2 Å². The van der Waals surface area contributed by atoms with Crippen molar-refractivity contribution in [3.05, 3.63) is 63.1 Å². The van der Waals surface area contributed by atoms with E-state index in [0.29, 0.717) is 21.6 Å². The van der Waals surface area contributed by atoms with Gasteiger partial charge in [-0.05, 0) is 42.8 Å². The third-order valence-electron chi connectivity index (χ3n) is 3.82. The summed E-state index contributed by atoms with van der Waals surface area (Å²) in [5.41, 5.74) is 1.78. The smallest absolute Gasteiger partial charge is 0.271 e. The third kappa shape index (κ3) is 6.44. The Bertz CT molecular complexity index is 1090. The molecule has 0 atom stereocenters. The van der Waals surface area contributed by atoms with Crippen LogP contribution < -0.4 is 9.73 Å². The lowest BCUT2D eigenvalue weighted by molar-refractivity contribution is -0.137. The van der Waals surface area contributed by atoms with Gasteiger partial charge < -0.3 is 0 Å². The summed E-state index contributed by atoms with van der Waals surface area (Å²) >= 11 is 9.22. The number of alkyl halides is 3. The van der Waals surface area contributed by atoms with Crippen LogP contribution in [0.5, 0.6) is 0 Å². The monoisotopic (exact) mass is 525 g/mol. The molecule has 0 saturated heterocycles. The summed E-state index contributed by atoms with van der Waals surface area (Å²) in [6, 6.07) is 9.30. The van der Waals surface area contributed by atoms with Gasteiger partial charge in [0.25, 0.3) is 5.91 Å². The van der Waals surface area contributed by atoms with E-state index < -0.39 is 39.9 Å². The normalized spacial score (nSPS) is 12.6. The van der Waals surface area contributed by atoms with Crippen molar-refractivity contribution in [3.63, 3.8) is 0 Å². The number of nitrogens with zero attached hydrogens (tertiary/aromatic N) is 2. The predicted molar refractivity (Wildman–Crippen MR) is 113 cm³/mol. The van der Waals surface area contributed by atoms with Crippen molar-refractivity contribution in [1.29, 1.82) is 0 Å². The Hall–Kier alpha value is -2.11. The van der Waals surface area contributed by atoms with Crippen LogP contribution in [0, 0.1) is 0 Å². The maximum absolute atomic E-state index is 13.0. The minimum Gasteiger partial charge on any atom is -0.271 e. The molecule has 2 aromatic carbocycles. The lowest BCUT2D eigenvalue weighted by Crippen LogP contribution is -2.39. The Morgan fingerprint density at radius 2 is 1.90 bits per heavy atom. The number of sulfonamides is 1. The first-order valence-corrected chi connectivity index (χ1v) is 11.2. The van der Waals surface area contributed by atoms with E-state index in [9.17, 15) is 26.4 Å². The Morgan fingerprint density at radius 1 is 1.23 bits per heavy atom. The zero-order valence-electron chi connectivity index (χ0n) is 15.7. The summed E-state index contributed by atoms with van der Waals surface area (Å²) in [4.78, 5) is 12.3. The molecule has 2 aromatic rings. The number of carbonyl (C=O) groups is 1. The number of halogens is 5. The SMILES string of the molecule is C/C(=N/NC(=O)CN(c1cc(C(F)(F)F)ccc1Cl)S(C)(=O)=O)c1cccc(Br)c1. The maximum atomic E-state index is 13.0. The van der Waals surface area contributed by atoms with Gasteiger partial charge in [-0.3, -0.25) is 9.10 Å². The molecule has 0 spiro atoms. The topological polar surface area (TPSA) is 78.8 Å².